The molecule has 1 unspecified atom stereocenters. The van der Waals surface area contributed by atoms with Gasteiger partial charge < -0.3 is 11.1 Å². The molecule has 0 spiro atoms. The molecule has 0 saturated heterocycles. The minimum Gasteiger partial charge on any atom is -0.348 e. The van der Waals surface area contributed by atoms with E-state index in [0.29, 0.717) is 12.5 Å². The molecule has 1 fully saturated rings. The molecule has 1 aliphatic rings. The van der Waals surface area contributed by atoms with E-state index in [-0.39, 0.29) is 11.9 Å². The Morgan fingerprint density at radius 3 is 2.47 bits per heavy atom. The summed E-state index contributed by atoms with van der Waals surface area (Å²) in [4.78, 5) is 12.2. The third kappa shape index (κ3) is 4.18. The molecule has 3 nitrogen and oxygen atoms in total. The molecule has 1 aliphatic carbocycles. The second-order valence-electron chi connectivity index (χ2n) is 5.22. The number of benzene rings is 1. The normalized spacial score (nSPS) is 18.0. The average molecular weight is 372 g/mol. The van der Waals surface area contributed by atoms with Crippen molar-refractivity contribution in [1.29, 1.82) is 0 Å². The Labute approximate surface area is 128 Å². The minimum atomic E-state index is -0.00239. The first-order valence-corrected chi connectivity index (χ1v) is 8.05. The largest absolute Gasteiger partial charge is 0.348 e. The van der Waals surface area contributed by atoms with Crippen LogP contribution in [-0.4, -0.2) is 18.5 Å². The Morgan fingerprint density at radius 1 is 1.26 bits per heavy atom. The van der Waals surface area contributed by atoms with Crippen LogP contribution in [0.1, 0.15) is 42.5 Å². The zero-order valence-corrected chi connectivity index (χ0v) is 13.2. The third-order valence-electron chi connectivity index (χ3n) is 3.90. The fourth-order valence-corrected chi connectivity index (χ4v) is 3.12. The quantitative estimate of drug-likeness (QED) is 0.799. The summed E-state index contributed by atoms with van der Waals surface area (Å²) in [7, 11) is 0. The summed E-state index contributed by atoms with van der Waals surface area (Å²) in [5.41, 5.74) is 6.56. The SMILES string of the molecule is NCC(NC(=O)c1ccc(I)cc1)C1CCCCC1. The number of amides is 1. The second-order valence-corrected chi connectivity index (χ2v) is 6.47. The highest BCUT2D eigenvalue weighted by Crippen LogP contribution is 2.26. The van der Waals surface area contributed by atoms with Crippen molar-refractivity contribution < 1.29 is 4.79 Å². The van der Waals surface area contributed by atoms with Crippen LogP contribution in [0.5, 0.6) is 0 Å². The molecule has 1 aromatic rings. The zero-order valence-electron chi connectivity index (χ0n) is 11.1. The number of nitrogens with two attached hydrogens (primary N) is 1. The van der Waals surface area contributed by atoms with Gasteiger partial charge >= 0.3 is 0 Å². The van der Waals surface area contributed by atoms with E-state index >= 15 is 0 Å². The molecule has 104 valence electrons. The van der Waals surface area contributed by atoms with Gasteiger partial charge in [0.2, 0.25) is 0 Å². The number of rotatable bonds is 4. The van der Waals surface area contributed by atoms with Gasteiger partial charge in [-0.1, -0.05) is 19.3 Å². The van der Waals surface area contributed by atoms with Crippen molar-refractivity contribution in [2.75, 3.05) is 6.54 Å². The van der Waals surface area contributed by atoms with Gasteiger partial charge in [-0.2, -0.15) is 0 Å². The highest BCUT2D eigenvalue weighted by Gasteiger charge is 2.24. The van der Waals surface area contributed by atoms with Crippen molar-refractivity contribution in [3.8, 4) is 0 Å². The van der Waals surface area contributed by atoms with Crippen LogP contribution in [0.4, 0.5) is 0 Å². The van der Waals surface area contributed by atoms with E-state index in [1.807, 2.05) is 24.3 Å². The molecule has 1 saturated carbocycles. The van der Waals surface area contributed by atoms with Crippen LogP contribution in [-0.2, 0) is 0 Å². The van der Waals surface area contributed by atoms with Crippen LogP contribution in [0.3, 0.4) is 0 Å². The molecule has 1 amide bonds. The highest BCUT2D eigenvalue weighted by molar-refractivity contribution is 14.1. The van der Waals surface area contributed by atoms with Crippen LogP contribution < -0.4 is 11.1 Å². The summed E-state index contributed by atoms with van der Waals surface area (Å²) in [5, 5.41) is 3.11. The van der Waals surface area contributed by atoms with E-state index in [0.717, 1.165) is 9.13 Å². The van der Waals surface area contributed by atoms with E-state index in [4.69, 9.17) is 5.73 Å². The van der Waals surface area contributed by atoms with Gasteiger partial charge in [0.1, 0.15) is 0 Å². The Morgan fingerprint density at radius 2 is 1.89 bits per heavy atom. The van der Waals surface area contributed by atoms with Crippen LogP contribution in [0.2, 0.25) is 0 Å². The van der Waals surface area contributed by atoms with Crippen molar-refractivity contribution in [2.24, 2.45) is 11.7 Å². The first-order valence-electron chi connectivity index (χ1n) is 6.97. The maximum atomic E-state index is 12.2. The van der Waals surface area contributed by atoms with E-state index in [9.17, 15) is 4.79 Å². The number of halogens is 1. The van der Waals surface area contributed by atoms with E-state index in [2.05, 4.69) is 27.9 Å². The molecule has 3 N–H and O–H groups in total. The lowest BCUT2D eigenvalue weighted by Gasteiger charge is -2.30. The molecular formula is C15H21IN2O. The van der Waals surface area contributed by atoms with E-state index in [1.165, 1.54) is 32.1 Å². The van der Waals surface area contributed by atoms with Crippen molar-refractivity contribution in [2.45, 2.75) is 38.1 Å². The summed E-state index contributed by atoms with van der Waals surface area (Å²) in [6.45, 7) is 0.529. The third-order valence-corrected chi connectivity index (χ3v) is 4.61. The molecule has 1 atom stereocenters. The molecule has 2 rings (SSSR count). The predicted octanol–water partition coefficient (Wildman–Crippen LogP) is 2.93. The summed E-state index contributed by atoms with van der Waals surface area (Å²) in [5.74, 6) is 0.545. The first kappa shape index (κ1) is 14.8. The van der Waals surface area contributed by atoms with Gasteiger partial charge in [-0.05, 0) is 65.6 Å². The molecule has 0 bridgehead atoms. The Kier molecular flexibility index (Phi) is 5.63. The van der Waals surface area contributed by atoms with Gasteiger partial charge in [-0.3, -0.25) is 4.79 Å². The Balaban J connectivity index is 1.97. The van der Waals surface area contributed by atoms with Gasteiger partial charge in [0, 0.05) is 21.7 Å². The fourth-order valence-electron chi connectivity index (χ4n) is 2.76. The zero-order chi connectivity index (χ0) is 13.7. The topological polar surface area (TPSA) is 55.1 Å². The van der Waals surface area contributed by atoms with Crippen LogP contribution in [0.25, 0.3) is 0 Å². The summed E-state index contributed by atoms with van der Waals surface area (Å²) in [6, 6.07) is 7.75. The number of nitrogens with one attached hydrogen (secondary N) is 1. The lowest BCUT2D eigenvalue weighted by Crippen LogP contribution is -2.45. The van der Waals surface area contributed by atoms with Crippen molar-refractivity contribution in [1.82, 2.24) is 5.32 Å². The lowest BCUT2D eigenvalue weighted by atomic mass is 9.84. The fraction of sp³-hybridized carbons (Fsp3) is 0.533. The van der Waals surface area contributed by atoms with Crippen LogP contribution in [0, 0.1) is 9.49 Å². The predicted molar refractivity (Wildman–Crippen MR) is 86.0 cm³/mol. The number of carbonyl (C=O) groups is 1. The lowest BCUT2D eigenvalue weighted by molar-refractivity contribution is 0.0915. The van der Waals surface area contributed by atoms with Crippen LogP contribution in [0.15, 0.2) is 24.3 Å². The molecule has 1 aromatic carbocycles. The summed E-state index contributed by atoms with van der Waals surface area (Å²) < 4.78 is 1.14. The minimum absolute atomic E-state index is 0.00239. The van der Waals surface area contributed by atoms with Crippen molar-refractivity contribution >= 4 is 28.5 Å². The smallest absolute Gasteiger partial charge is 0.251 e. The average Bonchev–Trinajstić information content (AvgIpc) is 2.46. The van der Waals surface area contributed by atoms with E-state index in [1.54, 1.807) is 0 Å². The highest BCUT2D eigenvalue weighted by atomic mass is 127. The molecule has 0 aromatic heterocycles. The van der Waals surface area contributed by atoms with Crippen molar-refractivity contribution in [3.63, 3.8) is 0 Å². The standard InChI is InChI=1S/C15H21IN2O/c16-13-8-6-12(7-9-13)15(19)18-14(10-17)11-4-2-1-3-5-11/h6-9,11,14H,1-5,10,17H2,(H,18,19). The number of hydrogen-bond donors (Lipinski definition) is 2. The Hall–Kier alpha value is -0.620. The van der Waals surface area contributed by atoms with Gasteiger partial charge in [-0.15, -0.1) is 0 Å². The maximum absolute atomic E-state index is 12.2. The van der Waals surface area contributed by atoms with Crippen LogP contribution >= 0.6 is 22.6 Å². The van der Waals surface area contributed by atoms with Gasteiger partial charge in [0.05, 0.1) is 0 Å². The molecule has 19 heavy (non-hydrogen) atoms. The van der Waals surface area contributed by atoms with Gasteiger partial charge in [-0.25, -0.2) is 0 Å². The van der Waals surface area contributed by atoms with E-state index < -0.39 is 0 Å². The molecular weight excluding hydrogens is 351 g/mol. The maximum Gasteiger partial charge on any atom is 0.251 e. The second kappa shape index (κ2) is 7.24. The van der Waals surface area contributed by atoms with Gasteiger partial charge in [0.15, 0.2) is 0 Å². The monoisotopic (exact) mass is 372 g/mol. The summed E-state index contributed by atoms with van der Waals surface area (Å²) in [6.07, 6.45) is 6.23. The molecule has 0 aliphatic heterocycles. The van der Waals surface area contributed by atoms with Crippen molar-refractivity contribution in [3.05, 3.63) is 33.4 Å². The number of hydrogen-bond acceptors (Lipinski definition) is 2. The van der Waals surface area contributed by atoms with Gasteiger partial charge in [0.25, 0.3) is 5.91 Å². The summed E-state index contributed by atoms with van der Waals surface area (Å²) >= 11 is 2.24. The molecule has 0 radical (unpaired) electrons. The first-order chi connectivity index (χ1) is 9.20. The number of carbonyl (C=O) groups excluding carboxylic acids is 1. The molecule has 0 heterocycles. The molecule has 4 heteroatoms. The Bertz CT molecular complexity index is 413.